The molecule has 0 aliphatic rings. The van der Waals surface area contributed by atoms with E-state index in [0.717, 1.165) is 18.2 Å². The largest absolute Gasteiger partial charge is 0.439 e. The van der Waals surface area contributed by atoms with E-state index in [9.17, 15) is 14.5 Å². The fourth-order valence-electron chi connectivity index (χ4n) is 1.32. The summed E-state index contributed by atoms with van der Waals surface area (Å²) in [5.74, 6) is -0.406. The second kappa shape index (κ2) is 4.66. The van der Waals surface area contributed by atoms with E-state index in [0.29, 0.717) is 0 Å². The normalized spacial score (nSPS) is 10.1. The maximum absolute atomic E-state index is 12.9. The van der Waals surface area contributed by atoms with Gasteiger partial charge in [-0.15, -0.1) is 0 Å². The van der Waals surface area contributed by atoms with Crippen molar-refractivity contribution in [2.75, 3.05) is 5.73 Å². The lowest BCUT2D eigenvalue weighted by Crippen LogP contribution is -1.97. The maximum Gasteiger partial charge on any atom is 0.278 e. The van der Waals surface area contributed by atoms with Gasteiger partial charge in [0, 0.05) is 6.07 Å². The molecule has 2 rings (SSSR count). The standard InChI is InChI=1S/C11H8FN3O3/c12-7-2-1-3-9(4-7)18-11-6-8(15(16)17)5-10(13)14-11/h1-6H,(H2,13,14). The molecule has 1 heterocycles. The first-order valence-electron chi connectivity index (χ1n) is 4.90. The van der Waals surface area contributed by atoms with Gasteiger partial charge in [-0.1, -0.05) is 6.07 Å². The SMILES string of the molecule is Nc1cc([N+](=O)[O-])cc(Oc2cccc(F)c2)n1. The minimum atomic E-state index is -0.615. The number of pyridine rings is 1. The fourth-order valence-corrected chi connectivity index (χ4v) is 1.32. The lowest BCUT2D eigenvalue weighted by molar-refractivity contribution is -0.384. The van der Waals surface area contributed by atoms with Crippen LogP contribution >= 0.6 is 0 Å². The molecule has 0 saturated carbocycles. The molecule has 0 fully saturated rings. The summed E-state index contributed by atoms with van der Waals surface area (Å²) < 4.78 is 18.1. The van der Waals surface area contributed by atoms with Crippen molar-refractivity contribution in [3.63, 3.8) is 0 Å². The van der Waals surface area contributed by atoms with E-state index in [1.54, 1.807) is 0 Å². The zero-order chi connectivity index (χ0) is 13.1. The number of nitrogens with two attached hydrogens (primary N) is 1. The van der Waals surface area contributed by atoms with E-state index in [1.165, 1.54) is 18.2 Å². The smallest absolute Gasteiger partial charge is 0.278 e. The second-order valence-corrected chi connectivity index (χ2v) is 3.40. The Bertz CT molecular complexity index is 604. The van der Waals surface area contributed by atoms with Crippen LogP contribution in [0.5, 0.6) is 11.6 Å². The van der Waals surface area contributed by atoms with Crippen molar-refractivity contribution < 1.29 is 14.1 Å². The first kappa shape index (κ1) is 11.8. The van der Waals surface area contributed by atoms with Gasteiger partial charge in [0.2, 0.25) is 5.88 Å². The van der Waals surface area contributed by atoms with Crippen LogP contribution in [0.3, 0.4) is 0 Å². The van der Waals surface area contributed by atoms with Crippen molar-refractivity contribution in [2.24, 2.45) is 0 Å². The zero-order valence-corrected chi connectivity index (χ0v) is 9.04. The van der Waals surface area contributed by atoms with Gasteiger partial charge in [0.05, 0.1) is 17.1 Å². The van der Waals surface area contributed by atoms with Gasteiger partial charge in [-0.25, -0.2) is 4.39 Å². The highest BCUT2D eigenvalue weighted by Crippen LogP contribution is 2.25. The van der Waals surface area contributed by atoms with Gasteiger partial charge in [0.25, 0.3) is 5.69 Å². The third-order valence-electron chi connectivity index (χ3n) is 2.04. The molecule has 0 unspecified atom stereocenters. The third-order valence-corrected chi connectivity index (χ3v) is 2.04. The van der Waals surface area contributed by atoms with Crippen LogP contribution in [0, 0.1) is 15.9 Å². The Labute approximate surface area is 101 Å². The third kappa shape index (κ3) is 2.70. The zero-order valence-electron chi connectivity index (χ0n) is 9.04. The molecule has 0 aliphatic heterocycles. The number of aromatic nitrogens is 1. The summed E-state index contributed by atoms with van der Waals surface area (Å²) in [6.45, 7) is 0. The van der Waals surface area contributed by atoms with Crippen LogP contribution < -0.4 is 10.5 Å². The summed E-state index contributed by atoms with van der Waals surface area (Å²) in [6.07, 6.45) is 0. The molecular weight excluding hydrogens is 241 g/mol. The molecule has 2 N–H and O–H groups in total. The summed E-state index contributed by atoms with van der Waals surface area (Å²) in [4.78, 5) is 13.8. The molecule has 92 valence electrons. The molecule has 0 radical (unpaired) electrons. The van der Waals surface area contributed by atoms with Gasteiger partial charge in [-0.05, 0) is 12.1 Å². The molecular formula is C11H8FN3O3. The minimum absolute atomic E-state index is 0.0457. The molecule has 18 heavy (non-hydrogen) atoms. The van der Waals surface area contributed by atoms with E-state index in [-0.39, 0.29) is 23.1 Å². The highest BCUT2D eigenvalue weighted by molar-refractivity contribution is 5.46. The Kier molecular flexibility index (Phi) is 3.05. The van der Waals surface area contributed by atoms with E-state index in [4.69, 9.17) is 10.5 Å². The van der Waals surface area contributed by atoms with E-state index < -0.39 is 10.7 Å². The number of nitro groups is 1. The Morgan fingerprint density at radius 3 is 2.78 bits per heavy atom. The molecule has 1 aromatic carbocycles. The van der Waals surface area contributed by atoms with Gasteiger partial charge in [0.15, 0.2) is 0 Å². The van der Waals surface area contributed by atoms with E-state index >= 15 is 0 Å². The topological polar surface area (TPSA) is 91.3 Å². The van der Waals surface area contributed by atoms with Crippen molar-refractivity contribution in [1.82, 2.24) is 4.98 Å². The average Bonchev–Trinajstić information content (AvgIpc) is 2.28. The molecule has 0 aliphatic carbocycles. The molecule has 0 bridgehead atoms. The number of hydrogen-bond donors (Lipinski definition) is 1. The van der Waals surface area contributed by atoms with Crippen molar-refractivity contribution in [1.29, 1.82) is 0 Å². The quantitative estimate of drug-likeness (QED) is 0.666. The van der Waals surface area contributed by atoms with Gasteiger partial charge in [0.1, 0.15) is 17.4 Å². The Hall–Kier alpha value is -2.70. The van der Waals surface area contributed by atoms with Crippen molar-refractivity contribution in [3.05, 3.63) is 52.3 Å². The number of benzene rings is 1. The van der Waals surface area contributed by atoms with Crippen LogP contribution in [0.2, 0.25) is 0 Å². The number of halogens is 1. The van der Waals surface area contributed by atoms with Gasteiger partial charge >= 0.3 is 0 Å². The molecule has 0 amide bonds. The van der Waals surface area contributed by atoms with E-state index in [1.807, 2.05) is 0 Å². The lowest BCUT2D eigenvalue weighted by Gasteiger charge is -2.05. The molecule has 0 atom stereocenters. The van der Waals surface area contributed by atoms with Crippen molar-refractivity contribution >= 4 is 11.5 Å². The summed E-state index contributed by atoms with van der Waals surface area (Å²) in [5, 5.41) is 10.6. The van der Waals surface area contributed by atoms with Crippen LogP contribution in [0.15, 0.2) is 36.4 Å². The highest BCUT2D eigenvalue weighted by atomic mass is 19.1. The van der Waals surface area contributed by atoms with Crippen LogP contribution in [0.25, 0.3) is 0 Å². The number of rotatable bonds is 3. The predicted octanol–water partition coefficient (Wildman–Crippen LogP) is 2.50. The predicted molar refractivity (Wildman–Crippen MR) is 61.8 cm³/mol. The van der Waals surface area contributed by atoms with E-state index in [2.05, 4.69) is 4.98 Å². The van der Waals surface area contributed by atoms with Crippen LogP contribution in [-0.4, -0.2) is 9.91 Å². The van der Waals surface area contributed by atoms with Crippen LogP contribution in [-0.2, 0) is 0 Å². The lowest BCUT2D eigenvalue weighted by atomic mass is 10.3. The minimum Gasteiger partial charge on any atom is -0.439 e. The summed E-state index contributed by atoms with van der Waals surface area (Å²) in [7, 11) is 0. The number of anilines is 1. The summed E-state index contributed by atoms with van der Waals surface area (Å²) >= 11 is 0. The first-order valence-corrected chi connectivity index (χ1v) is 4.90. The number of nitrogens with zero attached hydrogens (tertiary/aromatic N) is 2. The monoisotopic (exact) mass is 249 g/mol. The number of ether oxygens (including phenoxy) is 1. The highest BCUT2D eigenvalue weighted by Gasteiger charge is 2.11. The first-order chi connectivity index (χ1) is 8.54. The maximum atomic E-state index is 12.9. The second-order valence-electron chi connectivity index (χ2n) is 3.40. The Balaban J connectivity index is 2.31. The average molecular weight is 249 g/mol. The molecule has 0 saturated heterocycles. The van der Waals surface area contributed by atoms with Gasteiger partial charge in [-0.2, -0.15) is 4.98 Å². The number of nitrogen functional groups attached to an aromatic ring is 1. The number of hydrogen-bond acceptors (Lipinski definition) is 5. The van der Waals surface area contributed by atoms with Crippen LogP contribution in [0.4, 0.5) is 15.9 Å². The summed E-state index contributed by atoms with van der Waals surface area (Å²) in [6, 6.07) is 7.56. The summed E-state index contributed by atoms with van der Waals surface area (Å²) in [5.41, 5.74) is 5.17. The Morgan fingerprint density at radius 1 is 1.33 bits per heavy atom. The van der Waals surface area contributed by atoms with Crippen LogP contribution in [0.1, 0.15) is 0 Å². The molecule has 7 heteroatoms. The molecule has 2 aromatic rings. The van der Waals surface area contributed by atoms with Crippen molar-refractivity contribution in [3.8, 4) is 11.6 Å². The van der Waals surface area contributed by atoms with Gasteiger partial charge < -0.3 is 10.5 Å². The fraction of sp³-hybridized carbons (Fsp3) is 0. The Morgan fingerprint density at radius 2 is 2.11 bits per heavy atom. The molecule has 6 nitrogen and oxygen atoms in total. The van der Waals surface area contributed by atoms with Gasteiger partial charge in [-0.3, -0.25) is 10.1 Å². The van der Waals surface area contributed by atoms with Crippen molar-refractivity contribution in [2.45, 2.75) is 0 Å². The molecule has 1 aromatic heterocycles. The molecule has 0 spiro atoms.